The fraction of sp³-hybridized carbons (Fsp3) is 0.400. The first-order valence-electron chi connectivity index (χ1n) is 8.30. The van der Waals surface area contributed by atoms with Crippen LogP contribution in [0.3, 0.4) is 0 Å². The van der Waals surface area contributed by atoms with Crippen LogP contribution in [0.5, 0.6) is 5.75 Å². The Balaban J connectivity index is 2.99. The molecule has 1 aromatic rings. The summed E-state index contributed by atoms with van der Waals surface area (Å²) in [6, 6.07) is 6.88. The van der Waals surface area contributed by atoms with Gasteiger partial charge in [0.1, 0.15) is 5.60 Å². The molecule has 0 saturated carbocycles. The lowest BCUT2D eigenvalue weighted by molar-refractivity contribution is -0.134. The SMILES string of the molecule is C=CCCCC(=O)Oc1ccccc1N(CC=C)C(=O)OC(C)(C)C. The molecule has 0 saturated heterocycles. The molecule has 1 amide bonds. The van der Waals surface area contributed by atoms with E-state index in [1.807, 2.05) is 0 Å². The predicted molar refractivity (Wildman–Crippen MR) is 99.9 cm³/mol. The Morgan fingerprint density at radius 3 is 2.44 bits per heavy atom. The van der Waals surface area contributed by atoms with Crippen LogP contribution in [-0.4, -0.2) is 24.2 Å². The smallest absolute Gasteiger partial charge is 0.415 e. The van der Waals surface area contributed by atoms with Crippen molar-refractivity contribution >= 4 is 17.7 Å². The van der Waals surface area contributed by atoms with Gasteiger partial charge in [-0.15, -0.1) is 13.2 Å². The van der Waals surface area contributed by atoms with E-state index in [4.69, 9.17) is 9.47 Å². The third-order valence-electron chi connectivity index (χ3n) is 3.09. The van der Waals surface area contributed by atoms with Crippen molar-refractivity contribution in [2.24, 2.45) is 0 Å². The number of hydrogen-bond acceptors (Lipinski definition) is 4. The molecule has 5 nitrogen and oxygen atoms in total. The highest BCUT2D eigenvalue weighted by Crippen LogP contribution is 2.30. The highest BCUT2D eigenvalue weighted by Gasteiger charge is 2.25. The van der Waals surface area contributed by atoms with Gasteiger partial charge in [-0.3, -0.25) is 9.69 Å². The molecule has 5 heteroatoms. The molecule has 0 radical (unpaired) electrons. The first-order chi connectivity index (χ1) is 11.8. The number of para-hydroxylation sites is 2. The summed E-state index contributed by atoms with van der Waals surface area (Å²) in [5.41, 5.74) is -0.166. The van der Waals surface area contributed by atoms with E-state index >= 15 is 0 Å². The third kappa shape index (κ3) is 7.25. The molecule has 0 heterocycles. The van der Waals surface area contributed by atoms with Gasteiger partial charge in [0.2, 0.25) is 0 Å². The van der Waals surface area contributed by atoms with Crippen LogP contribution in [0.25, 0.3) is 0 Å². The third-order valence-corrected chi connectivity index (χ3v) is 3.09. The van der Waals surface area contributed by atoms with Crippen LogP contribution >= 0.6 is 0 Å². The summed E-state index contributed by atoms with van der Waals surface area (Å²) in [6.45, 7) is 12.9. The zero-order chi connectivity index (χ0) is 18.9. The van der Waals surface area contributed by atoms with Gasteiger partial charge in [-0.1, -0.05) is 24.3 Å². The number of allylic oxidation sites excluding steroid dienone is 1. The molecule has 0 unspecified atom stereocenters. The second kappa shape index (κ2) is 9.67. The van der Waals surface area contributed by atoms with E-state index in [9.17, 15) is 9.59 Å². The van der Waals surface area contributed by atoms with Crippen molar-refractivity contribution in [1.82, 2.24) is 0 Å². The zero-order valence-electron chi connectivity index (χ0n) is 15.3. The van der Waals surface area contributed by atoms with Gasteiger partial charge in [0.25, 0.3) is 0 Å². The molecule has 25 heavy (non-hydrogen) atoms. The average molecular weight is 345 g/mol. The van der Waals surface area contributed by atoms with Gasteiger partial charge in [0.15, 0.2) is 5.75 Å². The molecule has 0 N–H and O–H groups in total. The summed E-state index contributed by atoms with van der Waals surface area (Å²) in [5, 5.41) is 0. The Morgan fingerprint density at radius 1 is 1.16 bits per heavy atom. The van der Waals surface area contributed by atoms with Crippen LogP contribution in [-0.2, 0) is 9.53 Å². The molecule has 0 bridgehead atoms. The number of nitrogens with zero attached hydrogens (tertiary/aromatic N) is 1. The quantitative estimate of drug-likeness (QED) is 0.292. The topological polar surface area (TPSA) is 55.8 Å². The summed E-state index contributed by atoms with van der Waals surface area (Å²) in [6.07, 6.45) is 4.53. The van der Waals surface area contributed by atoms with Crippen molar-refractivity contribution in [2.75, 3.05) is 11.4 Å². The maximum Gasteiger partial charge on any atom is 0.415 e. The van der Waals surface area contributed by atoms with Crippen molar-refractivity contribution in [2.45, 2.75) is 45.6 Å². The van der Waals surface area contributed by atoms with Gasteiger partial charge in [0.05, 0.1) is 5.69 Å². The Kier molecular flexibility index (Phi) is 7.92. The Labute approximate surface area is 149 Å². The highest BCUT2D eigenvalue weighted by atomic mass is 16.6. The molecular weight excluding hydrogens is 318 g/mol. The Morgan fingerprint density at radius 2 is 1.84 bits per heavy atom. The molecule has 0 aliphatic carbocycles. The van der Waals surface area contributed by atoms with Crippen LogP contribution in [0.15, 0.2) is 49.6 Å². The normalized spacial score (nSPS) is 10.7. The number of carbonyl (C=O) groups excluding carboxylic acids is 2. The molecule has 136 valence electrons. The van der Waals surface area contributed by atoms with Gasteiger partial charge >= 0.3 is 12.1 Å². The Bertz CT molecular complexity index is 616. The summed E-state index contributed by atoms with van der Waals surface area (Å²) >= 11 is 0. The van der Waals surface area contributed by atoms with Gasteiger partial charge in [-0.05, 0) is 45.7 Å². The highest BCUT2D eigenvalue weighted by molar-refractivity contribution is 5.91. The van der Waals surface area contributed by atoms with E-state index in [-0.39, 0.29) is 18.9 Å². The molecule has 0 fully saturated rings. The largest absolute Gasteiger partial charge is 0.443 e. The first kappa shape index (κ1) is 20.5. The van der Waals surface area contributed by atoms with Gasteiger partial charge in [-0.25, -0.2) is 4.79 Å². The van der Waals surface area contributed by atoms with Gasteiger partial charge < -0.3 is 9.47 Å². The Hall–Kier alpha value is -2.56. The number of ether oxygens (including phenoxy) is 2. The van der Waals surface area contributed by atoms with Gasteiger partial charge in [0, 0.05) is 13.0 Å². The second-order valence-corrected chi connectivity index (χ2v) is 6.50. The van der Waals surface area contributed by atoms with Crippen molar-refractivity contribution < 1.29 is 19.1 Å². The average Bonchev–Trinajstić information content (AvgIpc) is 2.52. The van der Waals surface area contributed by atoms with Crippen LogP contribution in [0.4, 0.5) is 10.5 Å². The summed E-state index contributed by atoms with van der Waals surface area (Å²) in [5.74, 6) is -0.0316. The molecule has 1 rings (SSSR count). The predicted octanol–water partition coefficient (Wildman–Crippen LogP) is 4.88. The van der Waals surface area contributed by atoms with Crippen molar-refractivity contribution in [3.8, 4) is 5.75 Å². The van der Waals surface area contributed by atoms with Crippen LogP contribution < -0.4 is 9.64 Å². The van der Waals surface area contributed by atoms with Crippen molar-refractivity contribution in [3.63, 3.8) is 0 Å². The molecule has 0 aliphatic rings. The fourth-order valence-electron chi connectivity index (χ4n) is 2.05. The minimum absolute atomic E-state index is 0.236. The lowest BCUT2D eigenvalue weighted by atomic mass is 10.2. The van der Waals surface area contributed by atoms with E-state index in [1.165, 1.54) is 4.90 Å². The van der Waals surface area contributed by atoms with Crippen LogP contribution in [0.1, 0.15) is 40.0 Å². The second-order valence-electron chi connectivity index (χ2n) is 6.50. The molecule has 1 aromatic carbocycles. The number of anilines is 1. The number of unbranched alkanes of at least 4 members (excludes halogenated alkanes) is 1. The van der Waals surface area contributed by atoms with Crippen molar-refractivity contribution in [3.05, 3.63) is 49.6 Å². The molecular formula is C20H27NO4. The maximum absolute atomic E-state index is 12.5. The molecule has 0 atom stereocenters. The minimum Gasteiger partial charge on any atom is -0.443 e. The monoisotopic (exact) mass is 345 g/mol. The fourth-order valence-corrected chi connectivity index (χ4v) is 2.05. The molecule has 0 aliphatic heterocycles. The number of rotatable bonds is 8. The zero-order valence-corrected chi connectivity index (χ0v) is 15.3. The van der Waals surface area contributed by atoms with E-state index < -0.39 is 11.7 Å². The maximum atomic E-state index is 12.5. The first-order valence-corrected chi connectivity index (χ1v) is 8.30. The number of esters is 1. The lowest BCUT2D eigenvalue weighted by Crippen LogP contribution is -2.37. The molecule has 0 spiro atoms. The standard InChI is InChI=1S/C20H27NO4/c1-6-8-9-14-18(22)24-17-13-11-10-12-16(17)21(15-7-2)19(23)25-20(3,4)5/h6-7,10-13H,1-2,8-9,14-15H2,3-5H3. The number of amides is 1. The summed E-state index contributed by atoms with van der Waals surface area (Å²) in [4.78, 5) is 25.9. The van der Waals surface area contributed by atoms with E-state index in [0.717, 1.165) is 6.42 Å². The van der Waals surface area contributed by atoms with Crippen molar-refractivity contribution in [1.29, 1.82) is 0 Å². The minimum atomic E-state index is -0.632. The summed E-state index contributed by atoms with van der Waals surface area (Å²) < 4.78 is 10.9. The number of benzene rings is 1. The lowest BCUT2D eigenvalue weighted by Gasteiger charge is -2.27. The number of hydrogen-bond donors (Lipinski definition) is 0. The van der Waals surface area contributed by atoms with E-state index in [1.54, 1.807) is 57.2 Å². The van der Waals surface area contributed by atoms with Crippen LogP contribution in [0.2, 0.25) is 0 Å². The van der Waals surface area contributed by atoms with E-state index in [0.29, 0.717) is 17.9 Å². The molecule has 0 aromatic heterocycles. The van der Waals surface area contributed by atoms with Crippen LogP contribution in [0, 0.1) is 0 Å². The van der Waals surface area contributed by atoms with E-state index in [2.05, 4.69) is 13.2 Å². The summed E-state index contributed by atoms with van der Waals surface area (Å²) in [7, 11) is 0. The number of carbonyl (C=O) groups is 2. The van der Waals surface area contributed by atoms with Gasteiger partial charge in [-0.2, -0.15) is 0 Å².